The highest BCUT2D eigenvalue weighted by Gasteiger charge is 2.35. The summed E-state index contributed by atoms with van der Waals surface area (Å²) in [6.45, 7) is 2.13. The van der Waals surface area contributed by atoms with Gasteiger partial charge in [-0.3, -0.25) is 9.59 Å². The van der Waals surface area contributed by atoms with Crippen LogP contribution in [-0.4, -0.2) is 23.3 Å². The smallest absolute Gasteiger partial charge is 0.230 e. The molecule has 0 saturated carbocycles. The maximum atomic E-state index is 13.0. The second-order valence-corrected chi connectivity index (χ2v) is 5.54. The maximum absolute atomic E-state index is 13.0. The van der Waals surface area contributed by atoms with E-state index in [1.54, 1.807) is 12.3 Å². The Morgan fingerprint density at radius 2 is 2.04 bits per heavy atom. The van der Waals surface area contributed by atoms with E-state index in [0.29, 0.717) is 11.5 Å². The molecule has 1 N–H and O–H groups in total. The molecule has 2 heterocycles. The summed E-state index contributed by atoms with van der Waals surface area (Å²) < 4.78 is 13.0. The van der Waals surface area contributed by atoms with E-state index in [4.69, 9.17) is 0 Å². The lowest BCUT2D eigenvalue weighted by Gasteiger charge is -2.16. The zero-order chi connectivity index (χ0) is 16.4. The first-order valence-electron chi connectivity index (χ1n) is 7.33. The molecule has 1 aromatic heterocycles. The van der Waals surface area contributed by atoms with Gasteiger partial charge in [-0.2, -0.15) is 0 Å². The number of carbonyl (C=O) groups is 2. The van der Waals surface area contributed by atoms with Gasteiger partial charge < -0.3 is 10.2 Å². The molecule has 2 amide bonds. The predicted molar refractivity (Wildman–Crippen MR) is 84.5 cm³/mol. The molecule has 0 radical (unpaired) electrons. The highest BCUT2D eigenvalue weighted by molar-refractivity contribution is 6.03. The summed E-state index contributed by atoms with van der Waals surface area (Å²) in [7, 11) is 0. The third-order valence-electron chi connectivity index (χ3n) is 3.89. The van der Waals surface area contributed by atoms with Crippen LogP contribution in [0.3, 0.4) is 0 Å². The van der Waals surface area contributed by atoms with Gasteiger partial charge in [-0.25, -0.2) is 9.37 Å². The van der Waals surface area contributed by atoms with E-state index in [9.17, 15) is 14.0 Å². The van der Waals surface area contributed by atoms with Gasteiger partial charge >= 0.3 is 0 Å². The molecule has 1 aliphatic rings. The lowest BCUT2D eigenvalue weighted by molar-refractivity contribution is -0.122. The average Bonchev–Trinajstić information content (AvgIpc) is 2.92. The molecule has 1 fully saturated rings. The van der Waals surface area contributed by atoms with Crippen LogP contribution in [0.25, 0.3) is 0 Å². The van der Waals surface area contributed by atoms with Crippen LogP contribution in [0.4, 0.5) is 15.9 Å². The number of halogens is 1. The number of anilines is 2. The van der Waals surface area contributed by atoms with E-state index < -0.39 is 5.92 Å². The molecule has 3 rings (SSSR count). The topological polar surface area (TPSA) is 62.3 Å². The van der Waals surface area contributed by atoms with Crippen molar-refractivity contribution in [1.29, 1.82) is 0 Å². The van der Waals surface area contributed by atoms with E-state index in [1.165, 1.54) is 29.2 Å². The third kappa shape index (κ3) is 3.21. The van der Waals surface area contributed by atoms with Gasteiger partial charge in [0, 0.05) is 24.8 Å². The number of carbonyl (C=O) groups excluding carboxylic acids is 2. The second-order valence-electron chi connectivity index (χ2n) is 5.54. The van der Waals surface area contributed by atoms with E-state index in [2.05, 4.69) is 10.3 Å². The summed E-state index contributed by atoms with van der Waals surface area (Å²) in [6, 6.07) is 9.32. The van der Waals surface area contributed by atoms with Crippen LogP contribution in [0.5, 0.6) is 0 Å². The monoisotopic (exact) mass is 313 g/mol. The Kier molecular flexibility index (Phi) is 4.06. The number of aryl methyl sites for hydroxylation is 1. The van der Waals surface area contributed by atoms with E-state index in [1.807, 2.05) is 13.0 Å². The number of nitrogens with zero attached hydrogens (tertiary/aromatic N) is 2. The van der Waals surface area contributed by atoms with Crippen molar-refractivity contribution in [3.8, 4) is 0 Å². The van der Waals surface area contributed by atoms with Crippen LogP contribution < -0.4 is 10.2 Å². The van der Waals surface area contributed by atoms with Crippen LogP contribution >= 0.6 is 0 Å². The summed E-state index contributed by atoms with van der Waals surface area (Å²) in [5.74, 6) is -0.682. The Bertz CT molecular complexity index is 746. The molecule has 1 aliphatic heterocycles. The van der Waals surface area contributed by atoms with Crippen molar-refractivity contribution in [3.63, 3.8) is 0 Å². The number of rotatable bonds is 3. The van der Waals surface area contributed by atoms with Crippen LogP contribution in [-0.2, 0) is 9.59 Å². The molecule has 1 saturated heterocycles. The zero-order valence-corrected chi connectivity index (χ0v) is 12.6. The first kappa shape index (κ1) is 15.1. The molecule has 6 heteroatoms. The largest absolute Gasteiger partial charge is 0.312 e. The number of nitrogens with one attached hydrogen (secondary N) is 1. The predicted octanol–water partition coefficient (Wildman–Crippen LogP) is 2.52. The van der Waals surface area contributed by atoms with Gasteiger partial charge in [0.25, 0.3) is 0 Å². The zero-order valence-electron chi connectivity index (χ0n) is 12.6. The summed E-state index contributed by atoms with van der Waals surface area (Å²) in [4.78, 5) is 30.1. The lowest BCUT2D eigenvalue weighted by Crippen LogP contribution is -2.28. The van der Waals surface area contributed by atoms with Crippen molar-refractivity contribution in [2.45, 2.75) is 13.3 Å². The van der Waals surface area contributed by atoms with Gasteiger partial charge in [0.1, 0.15) is 11.6 Å². The normalized spacial score (nSPS) is 17.4. The maximum Gasteiger partial charge on any atom is 0.230 e. The van der Waals surface area contributed by atoms with Gasteiger partial charge in [0.2, 0.25) is 11.8 Å². The first-order chi connectivity index (χ1) is 11.0. The van der Waals surface area contributed by atoms with Crippen molar-refractivity contribution in [3.05, 3.63) is 54.0 Å². The molecule has 0 spiro atoms. The van der Waals surface area contributed by atoms with Crippen molar-refractivity contribution < 1.29 is 14.0 Å². The number of hydrogen-bond donors (Lipinski definition) is 1. The van der Waals surface area contributed by atoms with E-state index in [-0.39, 0.29) is 30.6 Å². The fourth-order valence-corrected chi connectivity index (χ4v) is 2.59. The molecular formula is C17H16FN3O2. The van der Waals surface area contributed by atoms with Crippen LogP contribution in [0.2, 0.25) is 0 Å². The first-order valence-corrected chi connectivity index (χ1v) is 7.33. The minimum atomic E-state index is -0.450. The molecule has 5 nitrogen and oxygen atoms in total. The van der Waals surface area contributed by atoms with Gasteiger partial charge in [0.15, 0.2) is 0 Å². The summed E-state index contributed by atoms with van der Waals surface area (Å²) in [5.41, 5.74) is 1.46. The molecule has 1 aromatic carbocycles. The number of benzene rings is 1. The van der Waals surface area contributed by atoms with Gasteiger partial charge in [0.05, 0.1) is 5.92 Å². The van der Waals surface area contributed by atoms with Crippen molar-refractivity contribution in [2.75, 3.05) is 16.8 Å². The van der Waals surface area contributed by atoms with Crippen LogP contribution in [0, 0.1) is 18.7 Å². The van der Waals surface area contributed by atoms with Crippen molar-refractivity contribution in [2.24, 2.45) is 5.92 Å². The van der Waals surface area contributed by atoms with Gasteiger partial charge in [-0.05, 0) is 42.8 Å². The molecule has 2 aromatic rings. The van der Waals surface area contributed by atoms with Gasteiger partial charge in [-0.15, -0.1) is 0 Å². The van der Waals surface area contributed by atoms with Crippen LogP contribution in [0.1, 0.15) is 12.0 Å². The van der Waals surface area contributed by atoms with Crippen molar-refractivity contribution in [1.82, 2.24) is 4.98 Å². The second kappa shape index (κ2) is 6.16. The fourth-order valence-electron chi connectivity index (χ4n) is 2.59. The summed E-state index contributed by atoms with van der Waals surface area (Å²) >= 11 is 0. The standard InChI is InChI=1S/C17H16FN3O2/c1-11-3-2-8-19-16(11)20-17(23)12-9-15(22)21(10-12)14-6-4-13(18)5-7-14/h2-8,12H,9-10H2,1H3,(H,19,20,23). The van der Waals surface area contributed by atoms with Crippen LogP contribution in [0.15, 0.2) is 42.6 Å². The molecular weight excluding hydrogens is 297 g/mol. The van der Waals surface area contributed by atoms with Gasteiger partial charge in [-0.1, -0.05) is 6.07 Å². The molecule has 0 bridgehead atoms. The molecule has 1 atom stereocenters. The Labute approximate surface area is 133 Å². The number of amides is 2. The minimum Gasteiger partial charge on any atom is -0.312 e. The van der Waals surface area contributed by atoms with E-state index in [0.717, 1.165) is 5.56 Å². The lowest BCUT2D eigenvalue weighted by atomic mass is 10.1. The highest BCUT2D eigenvalue weighted by atomic mass is 19.1. The Hall–Kier alpha value is -2.76. The minimum absolute atomic E-state index is 0.134. The highest BCUT2D eigenvalue weighted by Crippen LogP contribution is 2.26. The number of pyridine rings is 1. The number of hydrogen-bond acceptors (Lipinski definition) is 3. The Morgan fingerprint density at radius 3 is 2.74 bits per heavy atom. The molecule has 0 aliphatic carbocycles. The summed E-state index contributed by atoms with van der Waals surface area (Å²) in [5, 5.41) is 2.76. The molecule has 118 valence electrons. The Morgan fingerprint density at radius 1 is 1.30 bits per heavy atom. The average molecular weight is 313 g/mol. The summed E-state index contributed by atoms with van der Waals surface area (Å²) in [6.07, 6.45) is 1.74. The van der Waals surface area contributed by atoms with Crippen molar-refractivity contribution >= 4 is 23.3 Å². The SMILES string of the molecule is Cc1cccnc1NC(=O)C1CC(=O)N(c2ccc(F)cc2)C1. The third-order valence-corrected chi connectivity index (χ3v) is 3.89. The number of aromatic nitrogens is 1. The molecule has 1 unspecified atom stereocenters. The Balaban J connectivity index is 1.71. The van der Waals surface area contributed by atoms with E-state index >= 15 is 0 Å². The quantitative estimate of drug-likeness (QED) is 0.947. The molecule has 23 heavy (non-hydrogen) atoms. The fraction of sp³-hybridized carbons (Fsp3) is 0.235.